The van der Waals surface area contributed by atoms with Gasteiger partial charge in [-0.1, -0.05) is 76.6 Å². The Balaban J connectivity index is 1.80. The minimum atomic E-state index is -0.755. The lowest BCUT2D eigenvalue weighted by atomic mass is 10.0. The van der Waals surface area contributed by atoms with Crippen LogP contribution in [-0.2, 0) is 11.3 Å². The van der Waals surface area contributed by atoms with Crippen LogP contribution in [0.5, 0.6) is 0 Å². The molecule has 1 unspecified atom stereocenters. The number of benzene rings is 3. The van der Waals surface area contributed by atoms with Gasteiger partial charge in [-0.15, -0.1) is 0 Å². The molecule has 0 fully saturated rings. The smallest absolute Gasteiger partial charge is 0.252 e. The lowest BCUT2D eigenvalue weighted by molar-refractivity contribution is -0.132. The van der Waals surface area contributed by atoms with Crippen LogP contribution >= 0.6 is 15.9 Å². The highest BCUT2D eigenvalue weighted by atomic mass is 79.9. The maximum Gasteiger partial charge on any atom is 0.252 e. The molecule has 0 saturated carbocycles. The first kappa shape index (κ1) is 19.8. The van der Waals surface area contributed by atoms with E-state index in [2.05, 4.69) is 21.2 Å². The third-order valence-electron chi connectivity index (χ3n) is 4.40. The number of hydrogen-bond acceptors (Lipinski definition) is 2. The first-order valence-corrected chi connectivity index (χ1v) is 9.74. The molecule has 0 aliphatic heterocycles. The molecule has 0 heterocycles. The summed E-state index contributed by atoms with van der Waals surface area (Å²) in [4.78, 5) is 27.5. The van der Waals surface area contributed by atoms with Gasteiger partial charge in [-0.25, -0.2) is 0 Å². The molecular formula is C23H21BrN2O2. The van der Waals surface area contributed by atoms with Gasteiger partial charge in [-0.3, -0.25) is 9.59 Å². The fourth-order valence-electron chi connectivity index (χ4n) is 2.90. The number of nitrogens with one attached hydrogen (secondary N) is 1. The molecule has 1 N–H and O–H groups in total. The summed E-state index contributed by atoms with van der Waals surface area (Å²) < 4.78 is 0.988. The molecule has 5 heteroatoms. The molecule has 0 spiro atoms. The van der Waals surface area contributed by atoms with Gasteiger partial charge < -0.3 is 10.2 Å². The van der Waals surface area contributed by atoms with Crippen LogP contribution in [-0.4, -0.2) is 23.8 Å². The topological polar surface area (TPSA) is 49.4 Å². The number of halogens is 1. The first-order valence-electron chi connectivity index (χ1n) is 8.95. The van der Waals surface area contributed by atoms with E-state index in [0.717, 1.165) is 15.6 Å². The van der Waals surface area contributed by atoms with Gasteiger partial charge in [0.2, 0.25) is 5.91 Å². The van der Waals surface area contributed by atoms with Crippen LogP contribution in [0.3, 0.4) is 0 Å². The number of rotatable bonds is 6. The third kappa shape index (κ3) is 5.08. The van der Waals surface area contributed by atoms with Crippen molar-refractivity contribution in [2.75, 3.05) is 7.05 Å². The summed E-state index contributed by atoms with van der Waals surface area (Å²) in [6.45, 7) is 0.455. The zero-order valence-corrected chi connectivity index (χ0v) is 17.1. The Morgan fingerprint density at radius 2 is 1.46 bits per heavy atom. The average Bonchev–Trinajstić information content (AvgIpc) is 2.74. The summed E-state index contributed by atoms with van der Waals surface area (Å²) in [5.74, 6) is -0.446. The van der Waals surface area contributed by atoms with Gasteiger partial charge in [0.15, 0.2) is 0 Å². The van der Waals surface area contributed by atoms with Crippen LogP contribution in [0.2, 0.25) is 0 Å². The molecule has 142 valence electrons. The molecule has 0 aromatic heterocycles. The van der Waals surface area contributed by atoms with Crippen LogP contribution < -0.4 is 5.32 Å². The minimum Gasteiger partial charge on any atom is -0.339 e. The van der Waals surface area contributed by atoms with E-state index in [-0.39, 0.29) is 11.8 Å². The fourth-order valence-corrected chi connectivity index (χ4v) is 3.16. The highest BCUT2D eigenvalue weighted by Gasteiger charge is 2.26. The van der Waals surface area contributed by atoms with Crippen molar-refractivity contribution < 1.29 is 9.59 Å². The van der Waals surface area contributed by atoms with Gasteiger partial charge in [-0.2, -0.15) is 0 Å². The van der Waals surface area contributed by atoms with E-state index in [1.54, 1.807) is 36.2 Å². The standard InChI is InChI=1S/C23H21BrN2O2/c1-26(16-17-12-14-20(24)15-13-17)23(28)21(18-8-4-2-5-9-18)25-22(27)19-10-6-3-7-11-19/h2-15,21H,16H2,1H3,(H,25,27). The van der Waals surface area contributed by atoms with E-state index in [1.807, 2.05) is 60.7 Å². The predicted molar refractivity (Wildman–Crippen MR) is 114 cm³/mol. The van der Waals surface area contributed by atoms with Gasteiger partial charge in [0, 0.05) is 23.6 Å². The molecule has 0 bridgehead atoms. The van der Waals surface area contributed by atoms with Gasteiger partial charge >= 0.3 is 0 Å². The van der Waals surface area contributed by atoms with E-state index < -0.39 is 6.04 Å². The number of amides is 2. The van der Waals surface area contributed by atoms with Crippen LogP contribution in [0.4, 0.5) is 0 Å². The van der Waals surface area contributed by atoms with Crippen molar-refractivity contribution in [1.29, 1.82) is 0 Å². The summed E-state index contributed by atoms with van der Waals surface area (Å²) in [6.07, 6.45) is 0. The monoisotopic (exact) mass is 436 g/mol. The molecule has 3 aromatic carbocycles. The summed E-state index contributed by atoms with van der Waals surface area (Å²) >= 11 is 3.42. The SMILES string of the molecule is CN(Cc1ccc(Br)cc1)C(=O)C(NC(=O)c1ccccc1)c1ccccc1. The molecule has 3 aromatic rings. The quantitative estimate of drug-likeness (QED) is 0.614. The number of carbonyl (C=O) groups is 2. The van der Waals surface area contributed by atoms with Crippen molar-refractivity contribution in [3.05, 3.63) is 106 Å². The average molecular weight is 437 g/mol. The predicted octanol–water partition coefficient (Wildman–Crippen LogP) is 4.58. The molecule has 0 aliphatic rings. The lowest BCUT2D eigenvalue weighted by Gasteiger charge is -2.25. The molecule has 4 nitrogen and oxygen atoms in total. The lowest BCUT2D eigenvalue weighted by Crippen LogP contribution is -2.41. The first-order chi connectivity index (χ1) is 13.5. The van der Waals surface area contributed by atoms with Gasteiger partial charge in [0.25, 0.3) is 5.91 Å². The minimum absolute atomic E-state index is 0.168. The molecule has 0 aliphatic carbocycles. The van der Waals surface area contributed by atoms with Gasteiger partial charge in [0.05, 0.1) is 0 Å². The molecule has 0 saturated heterocycles. The summed E-state index contributed by atoms with van der Waals surface area (Å²) in [5.41, 5.74) is 2.28. The van der Waals surface area contributed by atoms with Crippen molar-refractivity contribution >= 4 is 27.7 Å². The Bertz CT molecular complexity index is 928. The summed E-state index contributed by atoms with van der Waals surface area (Å²) in [5, 5.41) is 2.89. The largest absolute Gasteiger partial charge is 0.339 e. The molecule has 0 radical (unpaired) electrons. The Morgan fingerprint density at radius 3 is 2.07 bits per heavy atom. The Morgan fingerprint density at radius 1 is 0.893 bits per heavy atom. The van der Waals surface area contributed by atoms with Crippen LogP contribution in [0.25, 0.3) is 0 Å². The van der Waals surface area contributed by atoms with Gasteiger partial charge in [0.1, 0.15) is 6.04 Å². The normalized spacial score (nSPS) is 11.5. The second-order valence-corrected chi connectivity index (χ2v) is 7.42. The zero-order valence-electron chi connectivity index (χ0n) is 15.5. The number of hydrogen-bond donors (Lipinski definition) is 1. The highest BCUT2D eigenvalue weighted by Crippen LogP contribution is 2.18. The van der Waals surface area contributed by atoms with Crippen LogP contribution in [0.1, 0.15) is 27.5 Å². The second kappa shape index (κ2) is 9.33. The van der Waals surface area contributed by atoms with Crippen molar-refractivity contribution in [3.63, 3.8) is 0 Å². The number of likely N-dealkylation sites (N-methyl/N-ethyl adjacent to an activating group) is 1. The molecule has 1 atom stereocenters. The van der Waals surface area contributed by atoms with E-state index in [1.165, 1.54) is 0 Å². The Kier molecular flexibility index (Phi) is 6.61. The van der Waals surface area contributed by atoms with Crippen molar-refractivity contribution in [2.45, 2.75) is 12.6 Å². The highest BCUT2D eigenvalue weighted by molar-refractivity contribution is 9.10. The van der Waals surface area contributed by atoms with E-state index in [4.69, 9.17) is 0 Å². The third-order valence-corrected chi connectivity index (χ3v) is 4.93. The van der Waals surface area contributed by atoms with Crippen molar-refractivity contribution in [3.8, 4) is 0 Å². The summed E-state index contributed by atoms with van der Waals surface area (Å²) in [6, 6.07) is 25.3. The Hall–Kier alpha value is -2.92. The van der Waals surface area contributed by atoms with Crippen LogP contribution in [0, 0.1) is 0 Å². The maximum atomic E-state index is 13.2. The van der Waals surface area contributed by atoms with Crippen molar-refractivity contribution in [2.24, 2.45) is 0 Å². The zero-order chi connectivity index (χ0) is 19.9. The van der Waals surface area contributed by atoms with E-state index >= 15 is 0 Å². The fraction of sp³-hybridized carbons (Fsp3) is 0.130. The molecular weight excluding hydrogens is 416 g/mol. The Labute approximate surface area is 173 Å². The molecule has 2 amide bonds. The van der Waals surface area contributed by atoms with E-state index in [0.29, 0.717) is 12.1 Å². The summed E-state index contributed by atoms with van der Waals surface area (Å²) in [7, 11) is 1.75. The molecule has 28 heavy (non-hydrogen) atoms. The van der Waals surface area contributed by atoms with E-state index in [9.17, 15) is 9.59 Å². The number of carbonyl (C=O) groups excluding carboxylic acids is 2. The molecule has 3 rings (SSSR count). The maximum absolute atomic E-state index is 13.2. The second-order valence-electron chi connectivity index (χ2n) is 6.50. The van der Waals surface area contributed by atoms with Gasteiger partial charge in [-0.05, 0) is 35.4 Å². The van der Waals surface area contributed by atoms with Crippen molar-refractivity contribution in [1.82, 2.24) is 10.2 Å². The van der Waals surface area contributed by atoms with Crippen LogP contribution in [0.15, 0.2) is 89.4 Å². The number of nitrogens with zero attached hydrogens (tertiary/aromatic N) is 1.